The van der Waals surface area contributed by atoms with Gasteiger partial charge in [0.05, 0.1) is 29.0 Å². The molecule has 0 aliphatic rings. The Kier molecular flexibility index (Phi) is 5.35. The van der Waals surface area contributed by atoms with Gasteiger partial charge in [0.2, 0.25) is 0 Å². The summed E-state index contributed by atoms with van der Waals surface area (Å²) in [7, 11) is 1.20. The van der Waals surface area contributed by atoms with E-state index < -0.39 is 18.1 Å². The smallest absolute Gasteiger partial charge is 0.469 e. The molecule has 9 heteroatoms. The minimum absolute atomic E-state index is 0.0628. The maximum absolute atomic E-state index is 12.2. The van der Waals surface area contributed by atoms with Crippen LogP contribution in [0.5, 0.6) is 5.75 Å². The highest BCUT2D eigenvalue weighted by Gasteiger charge is 2.32. The molecule has 106 valence electrons. The Hall–Kier alpha value is -1.10. The van der Waals surface area contributed by atoms with Gasteiger partial charge in [-0.2, -0.15) is 0 Å². The van der Waals surface area contributed by atoms with Gasteiger partial charge in [-0.3, -0.25) is 9.78 Å². The number of rotatable bonds is 4. The molecule has 0 saturated carbocycles. The third-order valence-corrected chi connectivity index (χ3v) is 3.32. The van der Waals surface area contributed by atoms with Gasteiger partial charge in [-0.25, -0.2) is 0 Å². The molecule has 1 aromatic heterocycles. The molecule has 0 atom stereocenters. The molecule has 5 nitrogen and oxygen atoms in total. The van der Waals surface area contributed by atoms with Crippen molar-refractivity contribution in [3.8, 4) is 5.75 Å². The van der Waals surface area contributed by atoms with Crippen LogP contribution < -0.4 is 10.5 Å². The topological polar surface area (TPSA) is 74.4 Å². The van der Waals surface area contributed by atoms with E-state index in [1.165, 1.54) is 7.11 Å². The summed E-state index contributed by atoms with van der Waals surface area (Å²) in [4.78, 5) is 14.9. The summed E-state index contributed by atoms with van der Waals surface area (Å²) in [5.41, 5.74) is 6.07. The van der Waals surface area contributed by atoms with Crippen molar-refractivity contribution < 1.29 is 27.4 Å². The van der Waals surface area contributed by atoms with Gasteiger partial charge in [-0.1, -0.05) is 0 Å². The quantitative estimate of drug-likeness (QED) is 0.627. The minimum atomic E-state index is -4.81. The lowest BCUT2D eigenvalue weighted by molar-refractivity contribution is -0.275. The maximum atomic E-state index is 12.2. The third kappa shape index (κ3) is 4.49. The molecule has 0 spiro atoms. The number of aromatic nitrogens is 1. The Balaban J connectivity index is 3.12. The van der Waals surface area contributed by atoms with Crippen LogP contribution in [0.3, 0.4) is 0 Å². The SMILES string of the molecule is COC(=O)Cc1ncc(OC(F)(F)F)c(I)c1CN. The van der Waals surface area contributed by atoms with Crippen molar-refractivity contribution in [2.45, 2.75) is 19.3 Å². The summed E-state index contributed by atoms with van der Waals surface area (Å²) in [6.07, 6.45) is -4.06. The number of pyridine rings is 1. The van der Waals surface area contributed by atoms with Crippen LogP contribution >= 0.6 is 22.6 Å². The fourth-order valence-electron chi connectivity index (χ4n) is 1.31. The number of alkyl halides is 3. The van der Waals surface area contributed by atoms with Crippen LogP contribution in [-0.4, -0.2) is 24.4 Å². The number of nitrogens with zero attached hydrogens (tertiary/aromatic N) is 1. The Morgan fingerprint density at radius 3 is 2.63 bits per heavy atom. The molecule has 0 bridgehead atoms. The molecular weight excluding hydrogens is 380 g/mol. The first-order valence-electron chi connectivity index (χ1n) is 4.97. The number of hydrogen-bond acceptors (Lipinski definition) is 5. The zero-order chi connectivity index (χ0) is 14.6. The van der Waals surface area contributed by atoms with E-state index in [9.17, 15) is 18.0 Å². The first-order chi connectivity index (χ1) is 8.78. The van der Waals surface area contributed by atoms with Crippen LogP contribution in [0.1, 0.15) is 11.3 Å². The molecule has 0 fully saturated rings. The lowest BCUT2D eigenvalue weighted by Crippen LogP contribution is -2.20. The van der Waals surface area contributed by atoms with Gasteiger partial charge in [0, 0.05) is 12.1 Å². The van der Waals surface area contributed by atoms with Crippen LogP contribution in [-0.2, 0) is 22.5 Å². The summed E-state index contributed by atoms with van der Waals surface area (Å²) in [6, 6.07) is 0. The number of halogens is 4. The van der Waals surface area contributed by atoms with Crippen molar-refractivity contribution in [3.05, 3.63) is 21.0 Å². The van der Waals surface area contributed by atoms with E-state index in [0.29, 0.717) is 5.56 Å². The van der Waals surface area contributed by atoms with Gasteiger partial charge in [-0.05, 0) is 22.6 Å². The van der Waals surface area contributed by atoms with Gasteiger partial charge in [0.25, 0.3) is 0 Å². The highest BCUT2D eigenvalue weighted by Crippen LogP contribution is 2.30. The standard InChI is InChI=1S/C10H10F3IN2O3/c1-18-8(17)2-6-5(3-15)9(14)7(4-16-6)19-10(11,12)13/h4H,2-3,15H2,1H3. The zero-order valence-corrected chi connectivity index (χ0v) is 11.9. The number of carbonyl (C=O) groups excluding carboxylic acids is 1. The van der Waals surface area contributed by atoms with E-state index in [4.69, 9.17) is 5.73 Å². The van der Waals surface area contributed by atoms with E-state index >= 15 is 0 Å². The van der Waals surface area contributed by atoms with Gasteiger partial charge in [-0.15, -0.1) is 13.2 Å². The first kappa shape index (κ1) is 16.0. The fraction of sp³-hybridized carbons (Fsp3) is 0.400. The van der Waals surface area contributed by atoms with E-state index in [-0.39, 0.29) is 22.2 Å². The molecule has 1 rings (SSSR count). The molecule has 19 heavy (non-hydrogen) atoms. The molecule has 0 unspecified atom stereocenters. The summed E-state index contributed by atoms with van der Waals surface area (Å²) < 4.78 is 45.0. The van der Waals surface area contributed by atoms with Crippen molar-refractivity contribution in [1.82, 2.24) is 4.98 Å². The van der Waals surface area contributed by atoms with Crippen molar-refractivity contribution in [1.29, 1.82) is 0 Å². The average molecular weight is 390 g/mol. The van der Waals surface area contributed by atoms with Crippen LogP contribution in [0, 0.1) is 3.57 Å². The summed E-state index contributed by atoms with van der Waals surface area (Å²) in [6.45, 7) is -0.0628. The highest BCUT2D eigenvalue weighted by atomic mass is 127. The molecule has 1 heterocycles. The van der Waals surface area contributed by atoms with E-state index in [2.05, 4.69) is 14.5 Å². The summed E-state index contributed by atoms with van der Waals surface area (Å²) >= 11 is 1.67. The van der Waals surface area contributed by atoms with Crippen LogP contribution in [0.4, 0.5) is 13.2 Å². The molecule has 0 amide bonds. The maximum Gasteiger partial charge on any atom is 0.573 e. The lowest BCUT2D eigenvalue weighted by Gasteiger charge is -2.14. The third-order valence-electron chi connectivity index (χ3n) is 2.14. The van der Waals surface area contributed by atoms with E-state index in [1.54, 1.807) is 22.6 Å². The molecule has 0 aliphatic carbocycles. The van der Waals surface area contributed by atoms with Crippen LogP contribution in [0.2, 0.25) is 0 Å². The van der Waals surface area contributed by atoms with E-state index in [0.717, 1.165) is 6.20 Å². The number of hydrogen-bond donors (Lipinski definition) is 1. The highest BCUT2D eigenvalue weighted by molar-refractivity contribution is 14.1. The lowest BCUT2D eigenvalue weighted by atomic mass is 10.1. The Bertz CT molecular complexity index is 480. The molecule has 2 N–H and O–H groups in total. The summed E-state index contributed by atoms with van der Waals surface area (Å²) in [5, 5.41) is 0. The molecular formula is C10H10F3IN2O3. The minimum Gasteiger partial charge on any atom is -0.469 e. The number of nitrogens with two attached hydrogens (primary N) is 1. The Morgan fingerprint density at radius 1 is 1.53 bits per heavy atom. The van der Waals surface area contributed by atoms with Gasteiger partial charge < -0.3 is 15.2 Å². The number of esters is 1. The van der Waals surface area contributed by atoms with Crippen molar-refractivity contribution in [3.63, 3.8) is 0 Å². The molecule has 0 aromatic carbocycles. The first-order valence-corrected chi connectivity index (χ1v) is 6.05. The van der Waals surface area contributed by atoms with Crippen molar-refractivity contribution >= 4 is 28.6 Å². The number of ether oxygens (including phenoxy) is 2. The number of carbonyl (C=O) groups is 1. The molecule has 0 saturated heterocycles. The second kappa shape index (κ2) is 6.37. The Morgan fingerprint density at radius 2 is 2.16 bits per heavy atom. The predicted molar refractivity (Wildman–Crippen MR) is 67.2 cm³/mol. The van der Waals surface area contributed by atoms with Crippen molar-refractivity contribution in [2.24, 2.45) is 5.73 Å². The van der Waals surface area contributed by atoms with Crippen LogP contribution in [0.25, 0.3) is 0 Å². The predicted octanol–water partition coefficient (Wildman–Crippen LogP) is 1.76. The van der Waals surface area contributed by atoms with Crippen molar-refractivity contribution in [2.75, 3.05) is 7.11 Å². The monoisotopic (exact) mass is 390 g/mol. The average Bonchev–Trinajstić information content (AvgIpc) is 2.31. The summed E-state index contributed by atoms with van der Waals surface area (Å²) in [5.74, 6) is -0.996. The second-order valence-corrected chi connectivity index (χ2v) is 4.45. The fourth-order valence-corrected chi connectivity index (χ4v) is 2.09. The normalized spacial score (nSPS) is 11.3. The molecule has 1 aromatic rings. The van der Waals surface area contributed by atoms with Gasteiger partial charge in [0.1, 0.15) is 0 Å². The van der Waals surface area contributed by atoms with E-state index in [1.807, 2.05) is 0 Å². The van der Waals surface area contributed by atoms with Gasteiger partial charge in [0.15, 0.2) is 5.75 Å². The number of methoxy groups -OCH3 is 1. The largest absolute Gasteiger partial charge is 0.573 e. The Labute approximate surface area is 120 Å². The second-order valence-electron chi connectivity index (χ2n) is 3.37. The van der Waals surface area contributed by atoms with Gasteiger partial charge >= 0.3 is 12.3 Å². The zero-order valence-electron chi connectivity index (χ0n) is 9.75. The molecule has 0 aliphatic heterocycles. The molecule has 0 radical (unpaired) electrons. The van der Waals surface area contributed by atoms with Crippen LogP contribution in [0.15, 0.2) is 6.20 Å².